The third-order valence-electron chi connectivity index (χ3n) is 3.10. The first kappa shape index (κ1) is 15.0. The molecule has 0 saturated carbocycles. The number of rotatable bonds is 2. The number of benzene rings is 2. The number of carbonyl (C=O) groups is 1. The van der Waals surface area contributed by atoms with Crippen LogP contribution in [0.15, 0.2) is 42.5 Å². The first-order chi connectivity index (χ1) is 10.8. The molecule has 0 fully saturated rings. The van der Waals surface area contributed by atoms with Crippen LogP contribution in [-0.4, -0.2) is 15.9 Å². The van der Waals surface area contributed by atoms with E-state index in [9.17, 15) is 22.4 Å². The van der Waals surface area contributed by atoms with Gasteiger partial charge >= 0.3 is 6.18 Å². The van der Waals surface area contributed by atoms with Gasteiger partial charge in [-0.2, -0.15) is 13.2 Å². The summed E-state index contributed by atoms with van der Waals surface area (Å²) in [6.45, 7) is 0. The van der Waals surface area contributed by atoms with Crippen LogP contribution < -0.4 is 5.32 Å². The van der Waals surface area contributed by atoms with Crippen molar-refractivity contribution in [2.75, 3.05) is 5.32 Å². The minimum absolute atomic E-state index is 0.102. The number of aromatic amines is 1. The molecule has 0 aliphatic carbocycles. The second kappa shape index (κ2) is 5.38. The Labute approximate surface area is 127 Å². The van der Waals surface area contributed by atoms with Gasteiger partial charge < -0.3 is 10.3 Å². The Morgan fingerprint density at radius 3 is 2.61 bits per heavy atom. The zero-order valence-electron chi connectivity index (χ0n) is 11.4. The number of fused-ring (bicyclic) bond motifs is 1. The van der Waals surface area contributed by atoms with Crippen molar-refractivity contribution >= 4 is 22.6 Å². The molecule has 8 heteroatoms. The average molecular weight is 323 g/mol. The Morgan fingerprint density at radius 2 is 1.91 bits per heavy atom. The molecular formula is C15H9F4N3O. The molecule has 0 aliphatic heterocycles. The zero-order chi connectivity index (χ0) is 16.6. The van der Waals surface area contributed by atoms with Crippen LogP contribution in [0, 0.1) is 5.82 Å². The molecule has 0 atom stereocenters. The molecule has 0 bridgehead atoms. The summed E-state index contributed by atoms with van der Waals surface area (Å²) in [4.78, 5) is 17.6. The molecule has 3 rings (SSSR count). The van der Waals surface area contributed by atoms with Crippen molar-refractivity contribution < 1.29 is 22.4 Å². The predicted molar refractivity (Wildman–Crippen MR) is 75.4 cm³/mol. The Morgan fingerprint density at radius 1 is 1.13 bits per heavy atom. The number of alkyl halides is 3. The first-order valence-corrected chi connectivity index (χ1v) is 6.47. The largest absolute Gasteiger partial charge is 0.449 e. The van der Waals surface area contributed by atoms with E-state index in [1.54, 1.807) is 0 Å². The van der Waals surface area contributed by atoms with Gasteiger partial charge in [0.25, 0.3) is 5.91 Å². The standard InChI is InChI=1S/C15H9F4N3O/c16-9-3-1-2-8(6-9)13(23)20-10-4-5-11-12(7-10)22-14(21-11)15(17,18)19/h1-7H,(H,20,23)(H,21,22). The first-order valence-electron chi connectivity index (χ1n) is 6.47. The van der Waals surface area contributed by atoms with Crippen LogP contribution in [-0.2, 0) is 6.18 Å². The number of hydrogen-bond acceptors (Lipinski definition) is 2. The van der Waals surface area contributed by atoms with Gasteiger partial charge in [-0.1, -0.05) is 6.07 Å². The van der Waals surface area contributed by atoms with E-state index in [0.29, 0.717) is 0 Å². The highest BCUT2D eigenvalue weighted by molar-refractivity contribution is 6.04. The van der Waals surface area contributed by atoms with E-state index in [-0.39, 0.29) is 22.3 Å². The van der Waals surface area contributed by atoms with Crippen molar-refractivity contribution in [1.82, 2.24) is 9.97 Å². The molecular weight excluding hydrogens is 314 g/mol. The highest BCUT2D eigenvalue weighted by Gasteiger charge is 2.34. The molecule has 1 heterocycles. The van der Waals surface area contributed by atoms with Crippen LogP contribution >= 0.6 is 0 Å². The fourth-order valence-electron chi connectivity index (χ4n) is 2.05. The third-order valence-corrected chi connectivity index (χ3v) is 3.10. The van der Waals surface area contributed by atoms with Gasteiger partial charge in [-0.25, -0.2) is 9.37 Å². The molecule has 1 amide bonds. The molecule has 3 aromatic rings. The van der Waals surface area contributed by atoms with Crippen molar-refractivity contribution in [3.05, 3.63) is 59.7 Å². The maximum Gasteiger partial charge on any atom is 0.449 e. The summed E-state index contributed by atoms with van der Waals surface area (Å²) in [5.41, 5.74) is 0.630. The van der Waals surface area contributed by atoms with E-state index >= 15 is 0 Å². The molecule has 2 N–H and O–H groups in total. The summed E-state index contributed by atoms with van der Waals surface area (Å²) in [6.07, 6.45) is -4.58. The molecule has 4 nitrogen and oxygen atoms in total. The molecule has 0 unspecified atom stereocenters. The van der Waals surface area contributed by atoms with E-state index in [4.69, 9.17) is 0 Å². The number of H-pyrrole nitrogens is 1. The number of halogens is 4. The lowest BCUT2D eigenvalue weighted by atomic mass is 10.2. The fourth-order valence-corrected chi connectivity index (χ4v) is 2.05. The van der Waals surface area contributed by atoms with Crippen LogP contribution in [0.2, 0.25) is 0 Å². The summed E-state index contributed by atoms with van der Waals surface area (Å²) >= 11 is 0. The van der Waals surface area contributed by atoms with E-state index in [1.807, 2.05) is 0 Å². The second-order valence-electron chi connectivity index (χ2n) is 4.78. The maximum atomic E-state index is 13.1. The van der Waals surface area contributed by atoms with Crippen LogP contribution in [0.1, 0.15) is 16.2 Å². The minimum atomic E-state index is -4.58. The minimum Gasteiger partial charge on any atom is -0.334 e. The van der Waals surface area contributed by atoms with Gasteiger partial charge in [0.15, 0.2) is 0 Å². The highest BCUT2D eigenvalue weighted by atomic mass is 19.4. The normalized spacial score (nSPS) is 11.7. The van der Waals surface area contributed by atoms with Crippen molar-refractivity contribution in [3.8, 4) is 0 Å². The summed E-state index contributed by atoms with van der Waals surface area (Å²) in [5, 5.41) is 2.49. The number of aromatic nitrogens is 2. The van der Waals surface area contributed by atoms with Gasteiger partial charge in [-0.05, 0) is 36.4 Å². The number of nitrogens with one attached hydrogen (secondary N) is 2. The lowest BCUT2D eigenvalue weighted by Gasteiger charge is -2.05. The van der Waals surface area contributed by atoms with Crippen LogP contribution in [0.3, 0.4) is 0 Å². The van der Waals surface area contributed by atoms with Crippen LogP contribution in [0.5, 0.6) is 0 Å². The summed E-state index contributed by atoms with van der Waals surface area (Å²) < 4.78 is 50.9. The SMILES string of the molecule is O=C(Nc1ccc2nc(C(F)(F)F)[nH]c2c1)c1cccc(F)c1. The Balaban J connectivity index is 1.87. The monoisotopic (exact) mass is 323 g/mol. The highest BCUT2D eigenvalue weighted by Crippen LogP contribution is 2.29. The number of imidazole rings is 1. The molecule has 0 saturated heterocycles. The molecule has 0 radical (unpaired) electrons. The van der Waals surface area contributed by atoms with Crippen molar-refractivity contribution in [2.24, 2.45) is 0 Å². The Bertz CT molecular complexity index is 886. The Hall–Kier alpha value is -2.90. The van der Waals surface area contributed by atoms with Crippen LogP contribution in [0.25, 0.3) is 11.0 Å². The van der Waals surface area contributed by atoms with E-state index in [2.05, 4.69) is 15.3 Å². The van der Waals surface area contributed by atoms with Gasteiger partial charge in [-0.3, -0.25) is 4.79 Å². The lowest BCUT2D eigenvalue weighted by molar-refractivity contribution is -0.144. The third kappa shape index (κ3) is 3.15. The molecule has 1 aromatic heterocycles. The molecule has 23 heavy (non-hydrogen) atoms. The Kier molecular flexibility index (Phi) is 3.51. The summed E-state index contributed by atoms with van der Waals surface area (Å²) in [7, 11) is 0. The van der Waals surface area contributed by atoms with E-state index in [0.717, 1.165) is 6.07 Å². The number of carbonyl (C=O) groups excluding carboxylic acids is 1. The van der Waals surface area contributed by atoms with E-state index < -0.39 is 23.7 Å². The number of hydrogen-bond donors (Lipinski definition) is 2. The predicted octanol–water partition coefficient (Wildman–Crippen LogP) is 3.97. The number of amides is 1. The van der Waals surface area contributed by atoms with Gasteiger partial charge in [0.1, 0.15) is 5.82 Å². The summed E-state index contributed by atoms with van der Waals surface area (Å²) in [5.74, 6) is -2.24. The van der Waals surface area contributed by atoms with Crippen molar-refractivity contribution in [1.29, 1.82) is 0 Å². The summed E-state index contributed by atoms with van der Waals surface area (Å²) in [6, 6.07) is 9.17. The molecule has 0 spiro atoms. The lowest BCUT2D eigenvalue weighted by Crippen LogP contribution is -2.11. The van der Waals surface area contributed by atoms with Gasteiger partial charge in [0.05, 0.1) is 11.0 Å². The van der Waals surface area contributed by atoms with Crippen molar-refractivity contribution in [3.63, 3.8) is 0 Å². The van der Waals surface area contributed by atoms with E-state index in [1.165, 1.54) is 36.4 Å². The number of anilines is 1. The topological polar surface area (TPSA) is 57.8 Å². The quantitative estimate of drug-likeness (QED) is 0.701. The van der Waals surface area contributed by atoms with Gasteiger partial charge in [0, 0.05) is 11.3 Å². The fraction of sp³-hybridized carbons (Fsp3) is 0.0667. The molecule has 2 aromatic carbocycles. The van der Waals surface area contributed by atoms with Gasteiger partial charge in [-0.15, -0.1) is 0 Å². The molecule has 118 valence electrons. The maximum absolute atomic E-state index is 13.1. The van der Waals surface area contributed by atoms with Crippen LogP contribution in [0.4, 0.5) is 23.2 Å². The second-order valence-corrected chi connectivity index (χ2v) is 4.78. The van der Waals surface area contributed by atoms with Crippen molar-refractivity contribution in [2.45, 2.75) is 6.18 Å². The molecule has 0 aliphatic rings. The average Bonchev–Trinajstić information content (AvgIpc) is 2.90. The van der Waals surface area contributed by atoms with Gasteiger partial charge in [0.2, 0.25) is 5.82 Å². The smallest absolute Gasteiger partial charge is 0.334 e. The number of nitrogens with zero attached hydrogens (tertiary/aromatic N) is 1. The zero-order valence-corrected chi connectivity index (χ0v) is 11.4.